The first-order valence-corrected chi connectivity index (χ1v) is 8.11. The number of urea groups is 1. The lowest BCUT2D eigenvalue weighted by Gasteiger charge is -2.17. The summed E-state index contributed by atoms with van der Waals surface area (Å²) in [6.45, 7) is 3.72. The number of aryl methyl sites for hydroxylation is 1. The molecular formula is C15H18N4O2S. The van der Waals surface area contributed by atoms with Gasteiger partial charge in [-0.2, -0.15) is 5.10 Å². The third-order valence-corrected chi connectivity index (χ3v) is 4.36. The zero-order valence-electron chi connectivity index (χ0n) is 12.4. The summed E-state index contributed by atoms with van der Waals surface area (Å²) in [6, 6.07) is 7.62. The average Bonchev–Trinajstić information content (AvgIpc) is 3.19. The van der Waals surface area contributed by atoms with Crippen molar-refractivity contribution in [2.45, 2.75) is 26.0 Å². The highest BCUT2D eigenvalue weighted by atomic mass is 32.1. The van der Waals surface area contributed by atoms with Gasteiger partial charge in [0.25, 0.3) is 0 Å². The van der Waals surface area contributed by atoms with E-state index in [2.05, 4.69) is 15.5 Å². The number of hydrogen-bond donors (Lipinski definition) is 1. The van der Waals surface area contributed by atoms with Crippen LogP contribution in [0.2, 0.25) is 0 Å². The summed E-state index contributed by atoms with van der Waals surface area (Å²) in [4.78, 5) is 15.0. The fourth-order valence-electron chi connectivity index (χ4n) is 2.32. The van der Waals surface area contributed by atoms with Crippen molar-refractivity contribution in [2.75, 3.05) is 13.1 Å². The molecule has 1 aliphatic rings. The molecule has 0 aromatic carbocycles. The summed E-state index contributed by atoms with van der Waals surface area (Å²) in [5, 5.41) is 12.9. The van der Waals surface area contributed by atoms with Gasteiger partial charge in [0, 0.05) is 23.9 Å². The molecular weight excluding hydrogens is 300 g/mol. The number of amides is 2. The topological polar surface area (TPSA) is 67.3 Å². The van der Waals surface area contributed by atoms with Gasteiger partial charge >= 0.3 is 6.03 Å². The van der Waals surface area contributed by atoms with Crippen molar-refractivity contribution >= 4 is 17.4 Å². The van der Waals surface area contributed by atoms with Crippen LogP contribution in [0.4, 0.5) is 4.79 Å². The Morgan fingerprint density at radius 2 is 2.36 bits per heavy atom. The molecule has 0 saturated carbocycles. The van der Waals surface area contributed by atoms with Gasteiger partial charge in [-0.1, -0.05) is 6.07 Å². The Bertz CT molecular complexity index is 615. The maximum atomic E-state index is 12.1. The molecule has 1 N–H and O–H groups in total. The Balaban J connectivity index is 1.47. The molecule has 1 atom stereocenters. The Morgan fingerprint density at radius 1 is 1.45 bits per heavy atom. The van der Waals surface area contributed by atoms with Crippen molar-refractivity contribution < 1.29 is 9.53 Å². The number of carbonyl (C=O) groups excluding carboxylic acids is 1. The lowest BCUT2D eigenvalue weighted by Crippen LogP contribution is -2.38. The van der Waals surface area contributed by atoms with Crippen molar-refractivity contribution in [1.82, 2.24) is 20.4 Å². The summed E-state index contributed by atoms with van der Waals surface area (Å²) in [5.74, 6) is 0.511. The molecule has 6 nitrogen and oxygen atoms in total. The smallest absolute Gasteiger partial charge is 0.317 e. The first kappa shape index (κ1) is 14.8. The van der Waals surface area contributed by atoms with Gasteiger partial charge in [0.15, 0.2) is 0 Å². The second kappa shape index (κ2) is 6.74. The minimum atomic E-state index is -0.0468. The summed E-state index contributed by atoms with van der Waals surface area (Å²) < 4.78 is 5.77. The van der Waals surface area contributed by atoms with Crippen LogP contribution in [0.1, 0.15) is 17.0 Å². The van der Waals surface area contributed by atoms with Crippen LogP contribution < -0.4 is 10.1 Å². The van der Waals surface area contributed by atoms with Gasteiger partial charge in [-0.15, -0.1) is 16.4 Å². The van der Waals surface area contributed by atoms with Crippen molar-refractivity contribution in [3.8, 4) is 5.88 Å². The quantitative estimate of drug-likeness (QED) is 0.938. The van der Waals surface area contributed by atoms with Crippen molar-refractivity contribution in [3.05, 3.63) is 40.2 Å². The summed E-state index contributed by atoms with van der Waals surface area (Å²) in [6.07, 6.45) is 0.784. The Kier molecular flexibility index (Phi) is 4.53. The van der Waals surface area contributed by atoms with E-state index < -0.39 is 0 Å². The third kappa shape index (κ3) is 3.73. The predicted molar refractivity (Wildman–Crippen MR) is 83.9 cm³/mol. The van der Waals surface area contributed by atoms with Gasteiger partial charge in [-0.3, -0.25) is 0 Å². The van der Waals surface area contributed by atoms with E-state index in [1.54, 1.807) is 16.2 Å². The first-order chi connectivity index (χ1) is 10.7. The van der Waals surface area contributed by atoms with E-state index >= 15 is 0 Å². The normalized spacial score (nSPS) is 17.5. The van der Waals surface area contributed by atoms with Crippen LogP contribution >= 0.6 is 11.3 Å². The SMILES string of the molecule is Cc1ccc(OC2CCN(C(=O)NCc3cccs3)C2)nn1. The molecule has 2 amide bonds. The number of aromatic nitrogens is 2. The highest BCUT2D eigenvalue weighted by molar-refractivity contribution is 7.09. The maximum Gasteiger partial charge on any atom is 0.317 e. The fourth-order valence-corrected chi connectivity index (χ4v) is 2.96. The van der Waals surface area contributed by atoms with Gasteiger partial charge < -0.3 is 15.0 Å². The summed E-state index contributed by atoms with van der Waals surface area (Å²) >= 11 is 1.64. The molecule has 116 valence electrons. The molecule has 0 spiro atoms. The standard InChI is InChI=1S/C15H18N4O2S/c1-11-4-5-14(18-17-11)21-12-6-7-19(10-12)15(20)16-9-13-3-2-8-22-13/h2-5,8,12H,6-7,9-10H2,1H3,(H,16,20). The largest absolute Gasteiger partial charge is 0.471 e. The van der Waals surface area contributed by atoms with Crippen LogP contribution in [0.3, 0.4) is 0 Å². The maximum absolute atomic E-state index is 12.1. The van der Waals surface area contributed by atoms with Gasteiger partial charge in [-0.25, -0.2) is 4.79 Å². The number of hydrogen-bond acceptors (Lipinski definition) is 5. The highest BCUT2D eigenvalue weighted by Crippen LogP contribution is 2.16. The van der Waals surface area contributed by atoms with E-state index in [9.17, 15) is 4.79 Å². The number of thiophene rings is 1. The van der Waals surface area contributed by atoms with Crippen LogP contribution in [-0.4, -0.2) is 40.3 Å². The number of ether oxygens (including phenoxy) is 1. The first-order valence-electron chi connectivity index (χ1n) is 7.23. The van der Waals surface area contributed by atoms with Crippen LogP contribution in [0.5, 0.6) is 5.88 Å². The molecule has 0 aliphatic carbocycles. The molecule has 1 aliphatic heterocycles. The minimum Gasteiger partial charge on any atom is -0.471 e. The van der Waals surface area contributed by atoms with Gasteiger partial charge in [0.2, 0.25) is 5.88 Å². The molecule has 3 rings (SSSR count). The van der Waals surface area contributed by atoms with E-state index in [-0.39, 0.29) is 12.1 Å². The van der Waals surface area contributed by atoms with Gasteiger partial charge in [0.1, 0.15) is 6.10 Å². The number of rotatable bonds is 4. The lowest BCUT2D eigenvalue weighted by atomic mass is 10.3. The second-order valence-electron chi connectivity index (χ2n) is 5.23. The summed E-state index contributed by atoms with van der Waals surface area (Å²) in [7, 11) is 0. The van der Waals surface area contributed by atoms with Crippen molar-refractivity contribution in [2.24, 2.45) is 0 Å². The predicted octanol–water partition coefficient (Wildman–Crippen LogP) is 2.21. The van der Waals surface area contributed by atoms with E-state index in [1.165, 1.54) is 0 Å². The molecule has 7 heteroatoms. The van der Waals surface area contributed by atoms with Crippen LogP contribution in [0.15, 0.2) is 29.6 Å². The lowest BCUT2D eigenvalue weighted by molar-refractivity contribution is 0.182. The summed E-state index contributed by atoms with van der Waals surface area (Å²) in [5.41, 5.74) is 0.855. The van der Waals surface area contributed by atoms with Crippen LogP contribution in [0.25, 0.3) is 0 Å². The third-order valence-electron chi connectivity index (χ3n) is 3.49. The van der Waals surface area contributed by atoms with E-state index in [1.807, 2.05) is 36.6 Å². The zero-order chi connectivity index (χ0) is 15.4. The molecule has 2 aromatic rings. The molecule has 0 radical (unpaired) electrons. The molecule has 1 saturated heterocycles. The molecule has 1 fully saturated rings. The van der Waals surface area contributed by atoms with Crippen molar-refractivity contribution in [3.63, 3.8) is 0 Å². The van der Waals surface area contributed by atoms with E-state index in [0.717, 1.165) is 17.0 Å². The van der Waals surface area contributed by atoms with Crippen LogP contribution in [0, 0.1) is 6.92 Å². The molecule has 3 heterocycles. The Morgan fingerprint density at radius 3 is 3.09 bits per heavy atom. The zero-order valence-corrected chi connectivity index (χ0v) is 13.2. The second-order valence-corrected chi connectivity index (χ2v) is 6.26. The monoisotopic (exact) mass is 318 g/mol. The molecule has 1 unspecified atom stereocenters. The van der Waals surface area contributed by atoms with E-state index in [0.29, 0.717) is 25.5 Å². The van der Waals surface area contributed by atoms with Crippen molar-refractivity contribution in [1.29, 1.82) is 0 Å². The van der Waals surface area contributed by atoms with Gasteiger partial charge in [-0.05, 0) is 24.4 Å². The molecule has 22 heavy (non-hydrogen) atoms. The molecule has 0 bridgehead atoms. The average molecular weight is 318 g/mol. The Labute approximate surface area is 133 Å². The highest BCUT2D eigenvalue weighted by Gasteiger charge is 2.27. The minimum absolute atomic E-state index is 0.0236. The molecule has 2 aromatic heterocycles. The Hall–Kier alpha value is -2.15. The van der Waals surface area contributed by atoms with Gasteiger partial charge in [0.05, 0.1) is 18.8 Å². The number of nitrogens with zero attached hydrogens (tertiary/aromatic N) is 3. The number of nitrogens with one attached hydrogen (secondary N) is 1. The fraction of sp³-hybridized carbons (Fsp3) is 0.400. The number of likely N-dealkylation sites (tertiary alicyclic amines) is 1. The van der Waals surface area contributed by atoms with Crippen LogP contribution in [-0.2, 0) is 6.54 Å². The van der Waals surface area contributed by atoms with E-state index in [4.69, 9.17) is 4.74 Å². The number of carbonyl (C=O) groups is 1.